The molecule has 1 saturated heterocycles. The Bertz CT molecular complexity index is 1190. The van der Waals surface area contributed by atoms with Crippen LogP contribution in [0.1, 0.15) is 39.5 Å². The highest BCUT2D eigenvalue weighted by molar-refractivity contribution is 6.01. The van der Waals surface area contributed by atoms with E-state index in [0.717, 1.165) is 16.9 Å². The molecular weight excluding hydrogens is 410 g/mol. The van der Waals surface area contributed by atoms with E-state index in [9.17, 15) is 14.4 Å². The van der Waals surface area contributed by atoms with Crippen LogP contribution < -0.4 is 4.90 Å². The summed E-state index contributed by atoms with van der Waals surface area (Å²) in [6.07, 6.45) is 0.0704. The topological polar surface area (TPSA) is 94.6 Å². The molecule has 0 aliphatic carbocycles. The number of ether oxygens (including phenoxy) is 1. The third kappa shape index (κ3) is 4.08. The van der Waals surface area contributed by atoms with Gasteiger partial charge in [0.25, 0.3) is 0 Å². The van der Waals surface area contributed by atoms with Gasteiger partial charge in [0.2, 0.25) is 11.7 Å². The highest BCUT2D eigenvalue weighted by Gasteiger charge is 2.36. The first-order chi connectivity index (χ1) is 15.2. The Morgan fingerprint density at radius 2 is 1.84 bits per heavy atom. The number of carbonyl (C=O) groups excluding carboxylic acids is 3. The molecule has 1 aliphatic heterocycles. The molecule has 1 aromatic carbocycles. The summed E-state index contributed by atoms with van der Waals surface area (Å²) in [6.45, 7) is 7.30. The van der Waals surface area contributed by atoms with Gasteiger partial charge in [0.05, 0.1) is 5.92 Å². The quantitative estimate of drug-likeness (QED) is 0.435. The fourth-order valence-electron chi connectivity index (χ4n) is 4.03. The van der Waals surface area contributed by atoms with Crippen LogP contribution in [0.4, 0.5) is 5.69 Å². The van der Waals surface area contributed by atoms with Gasteiger partial charge in [-0.15, -0.1) is 0 Å². The Morgan fingerprint density at radius 3 is 2.50 bits per heavy atom. The highest BCUT2D eigenvalue weighted by atomic mass is 16.5. The van der Waals surface area contributed by atoms with E-state index >= 15 is 0 Å². The van der Waals surface area contributed by atoms with Gasteiger partial charge in [0, 0.05) is 41.7 Å². The molecule has 1 amide bonds. The van der Waals surface area contributed by atoms with Crippen LogP contribution in [-0.4, -0.2) is 40.5 Å². The Labute approximate surface area is 185 Å². The average Bonchev–Trinajstić information content (AvgIpc) is 3.43. The van der Waals surface area contributed by atoms with Crippen LogP contribution in [0.2, 0.25) is 0 Å². The van der Waals surface area contributed by atoms with E-state index in [1.807, 2.05) is 42.7 Å². The van der Waals surface area contributed by atoms with Crippen LogP contribution in [0.15, 0.2) is 40.9 Å². The zero-order valence-electron chi connectivity index (χ0n) is 18.5. The highest BCUT2D eigenvalue weighted by Crippen LogP contribution is 2.26. The number of benzene rings is 1. The van der Waals surface area contributed by atoms with E-state index in [2.05, 4.69) is 5.16 Å². The molecular formula is C24H25N3O5. The average molecular weight is 435 g/mol. The lowest BCUT2D eigenvalue weighted by molar-refractivity contribution is -0.147. The SMILES string of the molecule is Cc1ccc(N2C[C@@H](C(=O)OCC(=O)c3cc(C)n(-c4cc(C)on4)c3C)CC2=O)cc1. The van der Waals surface area contributed by atoms with Gasteiger partial charge in [-0.05, 0) is 45.9 Å². The fraction of sp³-hybridized carbons (Fsp3) is 0.333. The third-order valence-electron chi connectivity index (χ3n) is 5.73. The zero-order chi connectivity index (χ0) is 23.0. The molecule has 0 spiro atoms. The van der Waals surface area contributed by atoms with Crippen LogP contribution in [0.25, 0.3) is 5.82 Å². The molecule has 8 heteroatoms. The summed E-state index contributed by atoms with van der Waals surface area (Å²) < 4.78 is 12.3. The number of rotatable bonds is 6. The number of hydrogen-bond donors (Lipinski definition) is 0. The number of aryl methyl sites for hydroxylation is 3. The second-order valence-electron chi connectivity index (χ2n) is 8.19. The van der Waals surface area contributed by atoms with Crippen molar-refractivity contribution >= 4 is 23.3 Å². The lowest BCUT2D eigenvalue weighted by Gasteiger charge is -2.16. The fourth-order valence-corrected chi connectivity index (χ4v) is 4.03. The Balaban J connectivity index is 1.40. The maximum absolute atomic E-state index is 12.8. The van der Waals surface area contributed by atoms with Crippen LogP contribution in [-0.2, 0) is 14.3 Å². The minimum absolute atomic E-state index is 0.0704. The first-order valence-corrected chi connectivity index (χ1v) is 10.4. The summed E-state index contributed by atoms with van der Waals surface area (Å²) >= 11 is 0. The molecule has 8 nitrogen and oxygen atoms in total. The number of amides is 1. The van der Waals surface area contributed by atoms with Crippen molar-refractivity contribution in [3.63, 3.8) is 0 Å². The summed E-state index contributed by atoms with van der Waals surface area (Å²) in [6, 6.07) is 11.1. The van der Waals surface area contributed by atoms with Gasteiger partial charge in [0.1, 0.15) is 5.76 Å². The molecule has 2 aromatic heterocycles. The van der Waals surface area contributed by atoms with Crippen LogP contribution in [0, 0.1) is 33.6 Å². The molecule has 166 valence electrons. The normalized spacial score (nSPS) is 15.9. The number of esters is 1. The monoisotopic (exact) mass is 435 g/mol. The molecule has 0 N–H and O–H groups in total. The van der Waals surface area contributed by atoms with Crippen LogP contribution in [0.3, 0.4) is 0 Å². The van der Waals surface area contributed by atoms with Crippen molar-refractivity contribution < 1.29 is 23.6 Å². The number of anilines is 1. The molecule has 1 aliphatic rings. The van der Waals surface area contributed by atoms with Gasteiger partial charge in [-0.25, -0.2) is 0 Å². The largest absolute Gasteiger partial charge is 0.457 e. The molecule has 4 rings (SSSR count). The van der Waals surface area contributed by atoms with Crippen molar-refractivity contribution in [2.24, 2.45) is 5.92 Å². The molecule has 0 radical (unpaired) electrons. The number of carbonyl (C=O) groups is 3. The minimum atomic E-state index is -0.595. The molecule has 3 aromatic rings. The van der Waals surface area contributed by atoms with Gasteiger partial charge < -0.3 is 14.2 Å². The van der Waals surface area contributed by atoms with Crippen molar-refractivity contribution in [1.82, 2.24) is 9.72 Å². The number of aromatic nitrogens is 2. The molecule has 32 heavy (non-hydrogen) atoms. The summed E-state index contributed by atoms with van der Waals surface area (Å²) in [4.78, 5) is 39.3. The first kappa shape index (κ1) is 21.5. The molecule has 1 atom stereocenters. The molecule has 0 bridgehead atoms. The molecule has 0 saturated carbocycles. The maximum Gasteiger partial charge on any atom is 0.311 e. The number of Topliss-reactive ketones (excluding diaryl/α,β-unsaturated/α-hetero) is 1. The van der Waals surface area contributed by atoms with Crippen LogP contribution >= 0.6 is 0 Å². The van der Waals surface area contributed by atoms with E-state index < -0.39 is 11.9 Å². The Kier molecular flexibility index (Phi) is 5.69. The summed E-state index contributed by atoms with van der Waals surface area (Å²) in [7, 11) is 0. The van der Waals surface area contributed by atoms with E-state index in [1.54, 1.807) is 30.9 Å². The van der Waals surface area contributed by atoms with Crippen molar-refractivity contribution in [3.8, 4) is 5.82 Å². The van der Waals surface area contributed by atoms with Gasteiger partial charge in [-0.2, -0.15) is 0 Å². The van der Waals surface area contributed by atoms with E-state index in [1.165, 1.54) is 0 Å². The van der Waals surface area contributed by atoms with Gasteiger partial charge >= 0.3 is 5.97 Å². The predicted molar refractivity (Wildman–Crippen MR) is 117 cm³/mol. The van der Waals surface area contributed by atoms with Crippen molar-refractivity contribution in [1.29, 1.82) is 0 Å². The second-order valence-corrected chi connectivity index (χ2v) is 8.19. The predicted octanol–water partition coefficient (Wildman–Crippen LogP) is 3.48. The molecule has 1 fully saturated rings. The summed E-state index contributed by atoms with van der Waals surface area (Å²) in [5, 5.41) is 4.01. The third-order valence-corrected chi connectivity index (χ3v) is 5.73. The lowest BCUT2D eigenvalue weighted by atomic mass is 10.1. The number of nitrogens with zero attached hydrogens (tertiary/aromatic N) is 3. The molecule has 0 unspecified atom stereocenters. The van der Waals surface area contributed by atoms with E-state index in [0.29, 0.717) is 22.8 Å². The zero-order valence-corrected chi connectivity index (χ0v) is 18.5. The summed E-state index contributed by atoms with van der Waals surface area (Å²) in [5.74, 6) is -0.315. The van der Waals surface area contributed by atoms with Gasteiger partial charge in [0.15, 0.2) is 12.4 Å². The maximum atomic E-state index is 12.8. The lowest BCUT2D eigenvalue weighted by Crippen LogP contribution is -2.27. The van der Waals surface area contributed by atoms with E-state index in [-0.39, 0.29) is 31.3 Å². The van der Waals surface area contributed by atoms with Crippen molar-refractivity contribution in [2.75, 3.05) is 18.1 Å². The number of hydrogen-bond acceptors (Lipinski definition) is 6. The minimum Gasteiger partial charge on any atom is -0.457 e. The van der Waals surface area contributed by atoms with Crippen molar-refractivity contribution in [2.45, 2.75) is 34.1 Å². The smallest absolute Gasteiger partial charge is 0.311 e. The van der Waals surface area contributed by atoms with Gasteiger partial charge in [-0.3, -0.25) is 19.0 Å². The van der Waals surface area contributed by atoms with Crippen molar-refractivity contribution in [3.05, 3.63) is 64.7 Å². The standard InChI is InChI=1S/C24H25N3O5/c1-14-5-7-19(8-6-14)26-12-18(11-23(26)29)24(30)31-13-21(28)20-9-15(2)27(17(20)4)22-10-16(3)32-25-22/h5-10,18H,11-13H2,1-4H3/t18-/m0/s1. The van der Waals surface area contributed by atoms with Crippen LogP contribution in [0.5, 0.6) is 0 Å². The first-order valence-electron chi connectivity index (χ1n) is 10.4. The van der Waals surface area contributed by atoms with E-state index in [4.69, 9.17) is 9.26 Å². The molecule has 3 heterocycles. The Hall–Kier alpha value is -3.68. The summed E-state index contributed by atoms with van der Waals surface area (Å²) in [5.41, 5.74) is 3.81. The Morgan fingerprint density at radius 1 is 1.12 bits per heavy atom. The number of ketones is 1. The second kappa shape index (κ2) is 8.45. The van der Waals surface area contributed by atoms with Gasteiger partial charge in [-0.1, -0.05) is 22.9 Å².